The number of alkyl halides is 1. The van der Waals surface area contributed by atoms with Gasteiger partial charge in [-0.25, -0.2) is 0 Å². The van der Waals surface area contributed by atoms with E-state index in [1.54, 1.807) is 12.1 Å². The van der Waals surface area contributed by atoms with E-state index in [0.717, 1.165) is 5.56 Å². The quantitative estimate of drug-likeness (QED) is 0.480. The van der Waals surface area contributed by atoms with Crippen molar-refractivity contribution in [2.45, 2.75) is 4.22 Å². The molecule has 2 aromatic carbocycles. The van der Waals surface area contributed by atoms with Crippen LogP contribution in [0.1, 0.15) is 15.9 Å². The first-order chi connectivity index (χ1) is 8.12. The molecular formula is C14H10BBrO. The Morgan fingerprint density at radius 1 is 0.941 bits per heavy atom. The molecule has 0 aliphatic carbocycles. The summed E-state index contributed by atoms with van der Waals surface area (Å²) in [6.45, 7) is 0. The molecule has 0 saturated heterocycles. The molecule has 0 fully saturated rings. The molecule has 0 heterocycles. The predicted molar refractivity (Wildman–Crippen MR) is 73.6 cm³/mol. The van der Waals surface area contributed by atoms with E-state index in [1.165, 1.54) is 0 Å². The molecule has 82 valence electrons. The summed E-state index contributed by atoms with van der Waals surface area (Å²) in [6.07, 6.45) is 0. The fourth-order valence-electron chi connectivity index (χ4n) is 1.61. The van der Waals surface area contributed by atoms with Gasteiger partial charge in [0.2, 0.25) is 0 Å². The van der Waals surface area contributed by atoms with Crippen molar-refractivity contribution in [3.8, 4) is 0 Å². The Morgan fingerprint density at radius 2 is 1.41 bits per heavy atom. The van der Waals surface area contributed by atoms with Crippen LogP contribution in [-0.4, -0.2) is 13.6 Å². The lowest BCUT2D eigenvalue weighted by Crippen LogP contribution is -2.29. The number of ketones is 1. The van der Waals surface area contributed by atoms with Crippen LogP contribution in [0.2, 0.25) is 0 Å². The first-order valence-corrected chi connectivity index (χ1v) is 6.05. The minimum absolute atomic E-state index is 0.149. The Bertz CT molecular complexity index is 508. The highest BCUT2D eigenvalue weighted by atomic mass is 79.9. The topological polar surface area (TPSA) is 17.1 Å². The smallest absolute Gasteiger partial charge is 0.174 e. The van der Waals surface area contributed by atoms with Crippen LogP contribution in [0.25, 0.3) is 0 Å². The molecule has 17 heavy (non-hydrogen) atoms. The molecule has 1 nitrogen and oxygen atoms in total. The van der Waals surface area contributed by atoms with Gasteiger partial charge in [0.05, 0.1) is 4.22 Å². The fourth-order valence-corrected chi connectivity index (χ4v) is 2.10. The van der Waals surface area contributed by atoms with E-state index in [1.807, 2.05) is 48.5 Å². The molecule has 0 N–H and O–H groups in total. The highest BCUT2D eigenvalue weighted by molar-refractivity contribution is 9.10. The molecule has 0 spiro atoms. The van der Waals surface area contributed by atoms with Crippen molar-refractivity contribution in [1.29, 1.82) is 0 Å². The monoisotopic (exact) mass is 284 g/mol. The van der Waals surface area contributed by atoms with Gasteiger partial charge in [-0.05, 0) is 5.56 Å². The predicted octanol–water partition coefficient (Wildman–Crippen LogP) is 3.29. The third-order valence-electron chi connectivity index (χ3n) is 2.56. The van der Waals surface area contributed by atoms with E-state index in [2.05, 4.69) is 15.9 Å². The van der Waals surface area contributed by atoms with Gasteiger partial charge in [-0.15, -0.1) is 0 Å². The van der Waals surface area contributed by atoms with Gasteiger partial charge >= 0.3 is 0 Å². The number of halogens is 1. The second-order valence-electron chi connectivity index (χ2n) is 3.77. The van der Waals surface area contributed by atoms with E-state index < -0.39 is 4.22 Å². The van der Waals surface area contributed by atoms with Crippen LogP contribution in [0.15, 0.2) is 60.7 Å². The molecule has 0 saturated carbocycles. The van der Waals surface area contributed by atoms with E-state index in [-0.39, 0.29) is 5.78 Å². The van der Waals surface area contributed by atoms with Crippen LogP contribution in [-0.2, 0) is 4.22 Å². The van der Waals surface area contributed by atoms with Gasteiger partial charge in [-0.2, -0.15) is 0 Å². The SMILES string of the molecule is [B]C(Br)(C(=O)c1ccccc1)c1ccccc1. The first-order valence-electron chi connectivity index (χ1n) is 5.25. The Labute approximate surface area is 110 Å². The fraction of sp³-hybridized carbons (Fsp3) is 0.0714. The summed E-state index contributed by atoms with van der Waals surface area (Å²) in [5.41, 5.74) is 1.34. The highest BCUT2D eigenvalue weighted by Crippen LogP contribution is 2.31. The third kappa shape index (κ3) is 2.50. The van der Waals surface area contributed by atoms with Gasteiger partial charge in [-0.1, -0.05) is 76.6 Å². The van der Waals surface area contributed by atoms with Crippen LogP contribution >= 0.6 is 15.9 Å². The first kappa shape index (κ1) is 12.1. The normalized spacial score (nSPS) is 13.9. The van der Waals surface area contributed by atoms with Crippen molar-refractivity contribution in [2.24, 2.45) is 0 Å². The summed E-state index contributed by atoms with van der Waals surface area (Å²) in [6, 6.07) is 18.3. The average Bonchev–Trinajstić information content (AvgIpc) is 2.40. The molecule has 2 rings (SSSR count). The summed E-state index contributed by atoms with van der Waals surface area (Å²) in [5, 5.41) is 0. The molecule has 1 atom stereocenters. The lowest BCUT2D eigenvalue weighted by atomic mass is 9.75. The minimum Gasteiger partial charge on any atom is -0.293 e. The summed E-state index contributed by atoms with van der Waals surface area (Å²) in [7, 11) is 6.08. The van der Waals surface area contributed by atoms with Gasteiger partial charge in [0.25, 0.3) is 0 Å². The molecule has 2 aromatic rings. The van der Waals surface area contributed by atoms with Crippen LogP contribution in [0.3, 0.4) is 0 Å². The number of carbonyl (C=O) groups is 1. The van der Waals surface area contributed by atoms with Gasteiger partial charge in [-0.3, -0.25) is 4.79 Å². The molecular weight excluding hydrogens is 275 g/mol. The average molecular weight is 285 g/mol. The number of hydrogen-bond acceptors (Lipinski definition) is 1. The van der Waals surface area contributed by atoms with Gasteiger partial charge in [0, 0.05) is 5.56 Å². The van der Waals surface area contributed by atoms with Crippen LogP contribution in [0.4, 0.5) is 0 Å². The Hall–Kier alpha value is -1.35. The van der Waals surface area contributed by atoms with Crippen molar-refractivity contribution in [3.63, 3.8) is 0 Å². The molecule has 1 unspecified atom stereocenters. The maximum atomic E-state index is 12.3. The Kier molecular flexibility index (Phi) is 3.48. The molecule has 0 aromatic heterocycles. The second kappa shape index (κ2) is 4.88. The van der Waals surface area contributed by atoms with Gasteiger partial charge in [0.1, 0.15) is 7.85 Å². The molecule has 3 heteroatoms. The molecule has 0 bridgehead atoms. The van der Waals surface area contributed by atoms with Crippen molar-refractivity contribution < 1.29 is 4.79 Å². The minimum atomic E-state index is -1.17. The summed E-state index contributed by atoms with van der Waals surface area (Å²) < 4.78 is -1.17. The van der Waals surface area contributed by atoms with Crippen molar-refractivity contribution in [1.82, 2.24) is 0 Å². The van der Waals surface area contributed by atoms with Crippen LogP contribution < -0.4 is 0 Å². The molecule has 0 aliphatic rings. The Morgan fingerprint density at radius 3 is 1.94 bits per heavy atom. The van der Waals surface area contributed by atoms with Crippen LogP contribution in [0.5, 0.6) is 0 Å². The largest absolute Gasteiger partial charge is 0.293 e. The van der Waals surface area contributed by atoms with E-state index in [4.69, 9.17) is 7.85 Å². The molecule has 2 radical (unpaired) electrons. The zero-order valence-electron chi connectivity index (χ0n) is 9.14. The van der Waals surface area contributed by atoms with Crippen LogP contribution in [0, 0.1) is 0 Å². The zero-order valence-corrected chi connectivity index (χ0v) is 10.7. The lowest BCUT2D eigenvalue weighted by Gasteiger charge is -2.22. The number of rotatable bonds is 3. The zero-order chi connectivity index (χ0) is 12.3. The lowest BCUT2D eigenvalue weighted by molar-refractivity contribution is 0.0977. The van der Waals surface area contributed by atoms with Gasteiger partial charge < -0.3 is 0 Å². The Balaban J connectivity index is 2.37. The maximum Gasteiger partial charge on any atom is 0.174 e. The number of carbonyl (C=O) groups excluding carboxylic acids is 1. The van der Waals surface area contributed by atoms with Crippen molar-refractivity contribution >= 4 is 29.6 Å². The summed E-state index contributed by atoms with van der Waals surface area (Å²) in [5.74, 6) is -0.149. The van der Waals surface area contributed by atoms with Gasteiger partial charge in [0.15, 0.2) is 5.78 Å². The molecule has 0 aliphatic heterocycles. The third-order valence-corrected chi connectivity index (χ3v) is 3.38. The summed E-state index contributed by atoms with van der Waals surface area (Å²) in [4.78, 5) is 12.3. The standard InChI is InChI=1S/C14H10BBrO/c15-14(16,12-9-5-2-6-10-12)13(17)11-7-3-1-4-8-11/h1-10H. The number of hydrogen-bond donors (Lipinski definition) is 0. The highest BCUT2D eigenvalue weighted by Gasteiger charge is 2.31. The van der Waals surface area contributed by atoms with E-state index in [9.17, 15) is 4.79 Å². The van der Waals surface area contributed by atoms with E-state index in [0.29, 0.717) is 5.56 Å². The maximum absolute atomic E-state index is 12.3. The number of benzene rings is 2. The second-order valence-corrected chi connectivity index (χ2v) is 5.02. The van der Waals surface area contributed by atoms with E-state index >= 15 is 0 Å². The van der Waals surface area contributed by atoms with Crippen molar-refractivity contribution in [2.75, 3.05) is 0 Å². The van der Waals surface area contributed by atoms with Crippen molar-refractivity contribution in [3.05, 3.63) is 71.8 Å². The summed E-state index contributed by atoms with van der Waals surface area (Å²) >= 11 is 3.32. The number of Topliss-reactive ketones (excluding diaryl/α,β-unsaturated/α-hetero) is 1. The molecule has 0 amide bonds.